The molecule has 0 aliphatic heterocycles. The number of halogens is 3. The first-order chi connectivity index (χ1) is 7.26. The van der Waals surface area contributed by atoms with Gasteiger partial charge in [-0.05, 0) is 13.8 Å². The third-order valence-electron chi connectivity index (χ3n) is 1.64. The van der Waals surface area contributed by atoms with Gasteiger partial charge in [0, 0.05) is 0 Å². The van der Waals surface area contributed by atoms with Crippen LogP contribution in [0.1, 0.15) is 20.3 Å². The van der Waals surface area contributed by atoms with Crippen LogP contribution in [0.5, 0.6) is 0 Å². The highest BCUT2D eigenvalue weighted by Gasteiger charge is 2.37. The normalized spacial score (nSPS) is 17.8. The zero-order chi connectivity index (χ0) is 14.1. The Bertz CT molecular complexity index is 451. The molecule has 0 fully saturated rings. The molecular formula is C6H11F3O6S2. The first-order valence-electron chi connectivity index (χ1n) is 4.21. The highest BCUT2D eigenvalue weighted by molar-refractivity contribution is 8.04. The van der Waals surface area contributed by atoms with Gasteiger partial charge in [0.05, 0.1) is 12.5 Å². The standard InChI is InChI=1S/C6H11F3O6S2/c1-4(3-6(7,8)9)15-17(13,14)5(2)16(10,11)12/h4-5H,3H2,1-2H3,(H,10,11,12). The molecule has 104 valence electrons. The van der Waals surface area contributed by atoms with Crippen LogP contribution in [0.3, 0.4) is 0 Å². The van der Waals surface area contributed by atoms with Gasteiger partial charge in [-0.2, -0.15) is 30.0 Å². The van der Waals surface area contributed by atoms with Gasteiger partial charge >= 0.3 is 6.18 Å². The average molecular weight is 300 g/mol. The van der Waals surface area contributed by atoms with Gasteiger partial charge in [0.15, 0.2) is 0 Å². The summed E-state index contributed by atoms with van der Waals surface area (Å²) in [4.78, 5) is 0. The van der Waals surface area contributed by atoms with Crippen LogP contribution in [0.4, 0.5) is 13.2 Å². The van der Waals surface area contributed by atoms with Crippen molar-refractivity contribution in [3.63, 3.8) is 0 Å². The SMILES string of the molecule is CC(CC(F)(F)F)OS(=O)(=O)C(C)S(=O)(=O)O. The van der Waals surface area contributed by atoms with Crippen LogP contribution in [-0.2, 0) is 24.4 Å². The highest BCUT2D eigenvalue weighted by atomic mass is 32.3. The Balaban J connectivity index is 4.80. The Morgan fingerprint density at radius 2 is 1.59 bits per heavy atom. The van der Waals surface area contributed by atoms with E-state index in [-0.39, 0.29) is 0 Å². The van der Waals surface area contributed by atoms with Gasteiger partial charge < -0.3 is 0 Å². The molecule has 17 heavy (non-hydrogen) atoms. The van der Waals surface area contributed by atoms with Crippen molar-refractivity contribution < 1.29 is 38.7 Å². The Labute approximate surface area is 96.6 Å². The van der Waals surface area contributed by atoms with E-state index >= 15 is 0 Å². The van der Waals surface area contributed by atoms with Crippen LogP contribution >= 0.6 is 0 Å². The third kappa shape index (κ3) is 6.19. The summed E-state index contributed by atoms with van der Waals surface area (Å²) in [6.45, 7) is 1.41. The second-order valence-electron chi connectivity index (χ2n) is 3.30. The third-order valence-corrected chi connectivity index (χ3v) is 5.33. The predicted molar refractivity (Wildman–Crippen MR) is 51.1 cm³/mol. The molecule has 6 nitrogen and oxygen atoms in total. The van der Waals surface area contributed by atoms with Crippen molar-refractivity contribution in [3.05, 3.63) is 0 Å². The molecule has 2 unspecified atom stereocenters. The van der Waals surface area contributed by atoms with E-state index in [1.807, 2.05) is 0 Å². The molecule has 0 spiro atoms. The largest absolute Gasteiger partial charge is 0.391 e. The van der Waals surface area contributed by atoms with Gasteiger partial charge in [0.2, 0.25) is 4.58 Å². The first kappa shape index (κ1) is 16.6. The molecule has 0 saturated heterocycles. The van der Waals surface area contributed by atoms with Crippen LogP contribution in [0.2, 0.25) is 0 Å². The molecule has 0 aromatic rings. The average Bonchev–Trinajstić information content (AvgIpc) is 1.95. The summed E-state index contributed by atoms with van der Waals surface area (Å²) in [5.41, 5.74) is 0. The van der Waals surface area contributed by atoms with Crippen molar-refractivity contribution in [1.29, 1.82) is 0 Å². The predicted octanol–water partition coefficient (Wildman–Crippen LogP) is 0.908. The second-order valence-corrected chi connectivity index (χ2v) is 7.22. The van der Waals surface area contributed by atoms with Crippen LogP contribution in [0.25, 0.3) is 0 Å². The monoisotopic (exact) mass is 300 g/mol. The molecule has 0 heterocycles. The van der Waals surface area contributed by atoms with Gasteiger partial charge in [-0.1, -0.05) is 0 Å². The number of rotatable bonds is 5. The van der Waals surface area contributed by atoms with Crippen LogP contribution in [0, 0.1) is 0 Å². The van der Waals surface area contributed by atoms with E-state index in [4.69, 9.17) is 4.55 Å². The number of hydrogen-bond acceptors (Lipinski definition) is 5. The molecule has 0 radical (unpaired) electrons. The first-order valence-corrected chi connectivity index (χ1v) is 7.18. The molecule has 0 aliphatic carbocycles. The summed E-state index contributed by atoms with van der Waals surface area (Å²) in [7, 11) is -9.77. The highest BCUT2D eigenvalue weighted by Crippen LogP contribution is 2.24. The lowest BCUT2D eigenvalue weighted by molar-refractivity contribution is -0.148. The minimum Gasteiger partial charge on any atom is -0.284 e. The Morgan fingerprint density at radius 1 is 1.18 bits per heavy atom. The molecule has 0 aromatic heterocycles. The van der Waals surface area contributed by atoms with Crippen molar-refractivity contribution in [3.8, 4) is 0 Å². The summed E-state index contributed by atoms with van der Waals surface area (Å²) >= 11 is 0. The second kappa shape index (κ2) is 5.08. The van der Waals surface area contributed by atoms with Crippen molar-refractivity contribution >= 4 is 20.2 Å². The van der Waals surface area contributed by atoms with E-state index < -0.39 is 43.5 Å². The molecule has 0 aromatic carbocycles. The van der Waals surface area contributed by atoms with Crippen LogP contribution in [-0.4, -0.2) is 38.3 Å². The number of hydrogen-bond donors (Lipinski definition) is 1. The van der Waals surface area contributed by atoms with Crippen molar-refractivity contribution in [2.45, 2.75) is 37.1 Å². The molecular weight excluding hydrogens is 289 g/mol. The number of alkyl halides is 3. The van der Waals surface area contributed by atoms with Gasteiger partial charge in [0.1, 0.15) is 0 Å². The molecule has 0 saturated carbocycles. The summed E-state index contributed by atoms with van der Waals surface area (Å²) < 4.78 is 89.1. The fourth-order valence-electron chi connectivity index (χ4n) is 0.816. The maximum Gasteiger partial charge on any atom is 0.391 e. The van der Waals surface area contributed by atoms with Gasteiger partial charge in [0.25, 0.3) is 20.2 Å². The lowest BCUT2D eigenvalue weighted by Gasteiger charge is -2.16. The lowest BCUT2D eigenvalue weighted by Crippen LogP contribution is -2.32. The Kier molecular flexibility index (Phi) is 4.96. The van der Waals surface area contributed by atoms with E-state index in [9.17, 15) is 30.0 Å². The van der Waals surface area contributed by atoms with Crippen molar-refractivity contribution in [1.82, 2.24) is 0 Å². The smallest absolute Gasteiger partial charge is 0.284 e. The van der Waals surface area contributed by atoms with E-state index in [0.717, 1.165) is 6.92 Å². The molecule has 0 rings (SSSR count). The molecule has 1 N–H and O–H groups in total. The zero-order valence-electron chi connectivity index (χ0n) is 8.80. The van der Waals surface area contributed by atoms with E-state index in [2.05, 4.69) is 4.18 Å². The van der Waals surface area contributed by atoms with Crippen LogP contribution in [0.15, 0.2) is 0 Å². The van der Waals surface area contributed by atoms with Gasteiger partial charge in [-0.3, -0.25) is 8.74 Å². The van der Waals surface area contributed by atoms with E-state index in [1.54, 1.807) is 0 Å². The minimum atomic E-state index is -4.94. The van der Waals surface area contributed by atoms with Gasteiger partial charge in [-0.15, -0.1) is 0 Å². The molecule has 0 amide bonds. The summed E-state index contributed by atoms with van der Waals surface area (Å²) in [6, 6.07) is 0. The lowest BCUT2D eigenvalue weighted by atomic mass is 10.3. The summed E-state index contributed by atoms with van der Waals surface area (Å²) in [5.74, 6) is 0. The minimum absolute atomic E-state index is 0.588. The molecule has 0 aliphatic rings. The maximum absolute atomic E-state index is 11.9. The molecule has 0 bridgehead atoms. The summed E-state index contributed by atoms with van der Waals surface area (Å²) in [6.07, 6.45) is -7.97. The van der Waals surface area contributed by atoms with Crippen molar-refractivity contribution in [2.24, 2.45) is 0 Å². The maximum atomic E-state index is 11.9. The van der Waals surface area contributed by atoms with Crippen LogP contribution < -0.4 is 0 Å². The molecule has 11 heteroatoms. The fraction of sp³-hybridized carbons (Fsp3) is 1.00. The summed E-state index contributed by atoms with van der Waals surface area (Å²) in [5, 5.41) is 0. The fourth-order valence-corrected chi connectivity index (χ4v) is 2.83. The zero-order valence-corrected chi connectivity index (χ0v) is 10.4. The van der Waals surface area contributed by atoms with E-state index in [0.29, 0.717) is 6.92 Å². The Hall–Kier alpha value is -0.390. The van der Waals surface area contributed by atoms with Crippen molar-refractivity contribution in [2.75, 3.05) is 0 Å². The molecule has 2 atom stereocenters. The van der Waals surface area contributed by atoms with E-state index in [1.165, 1.54) is 0 Å². The topological polar surface area (TPSA) is 97.7 Å². The van der Waals surface area contributed by atoms with Gasteiger partial charge in [-0.25, -0.2) is 0 Å². The quantitative estimate of drug-likeness (QED) is 0.598. The Morgan fingerprint density at radius 3 is 1.88 bits per heavy atom.